The van der Waals surface area contributed by atoms with Gasteiger partial charge in [-0.1, -0.05) is 38.7 Å². The van der Waals surface area contributed by atoms with Crippen LogP contribution in [0.15, 0.2) is 12.7 Å². The second-order valence-corrected chi connectivity index (χ2v) is 5.65. The fraction of sp³-hybridized carbons (Fsp3) is 0.733. The summed E-state index contributed by atoms with van der Waals surface area (Å²) >= 11 is 1.30. The molecule has 5 heteroatoms. The third-order valence-electron chi connectivity index (χ3n) is 2.90. The van der Waals surface area contributed by atoms with Gasteiger partial charge < -0.3 is 9.47 Å². The third-order valence-corrected chi connectivity index (χ3v) is 3.71. The highest BCUT2D eigenvalue weighted by Gasteiger charge is 2.08. The minimum absolute atomic E-state index is 0.295. The maximum atomic E-state index is 10.8. The fourth-order valence-corrected chi connectivity index (χ4v) is 2.49. The number of thiocyanates is 1. The summed E-state index contributed by atoms with van der Waals surface area (Å²) < 4.78 is 9.99. The van der Waals surface area contributed by atoms with Crippen molar-refractivity contribution < 1.29 is 14.3 Å². The van der Waals surface area contributed by atoms with Gasteiger partial charge >= 0.3 is 5.97 Å². The molecule has 1 unspecified atom stereocenters. The molecule has 20 heavy (non-hydrogen) atoms. The van der Waals surface area contributed by atoms with Crippen LogP contribution in [0.3, 0.4) is 0 Å². The van der Waals surface area contributed by atoms with Gasteiger partial charge in [0.1, 0.15) is 5.40 Å². The molecule has 1 atom stereocenters. The topological polar surface area (TPSA) is 59.3 Å². The molecule has 0 amide bonds. The zero-order valence-corrected chi connectivity index (χ0v) is 13.1. The van der Waals surface area contributed by atoms with Crippen molar-refractivity contribution in [2.75, 3.05) is 20.3 Å². The van der Waals surface area contributed by atoms with Crippen molar-refractivity contribution in [1.29, 1.82) is 5.26 Å². The van der Waals surface area contributed by atoms with Crippen LogP contribution in [-0.4, -0.2) is 31.5 Å². The molecule has 0 spiro atoms. The lowest BCUT2D eigenvalue weighted by Gasteiger charge is -2.10. The van der Waals surface area contributed by atoms with Gasteiger partial charge in [-0.25, -0.2) is 4.79 Å². The molecule has 0 aliphatic carbocycles. The van der Waals surface area contributed by atoms with Crippen LogP contribution in [0.5, 0.6) is 0 Å². The smallest absolute Gasteiger partial charge is 0.330 e. The molecule has 0 bridgehead atoms. The van der Waals surface area contributed by atoms with Gasteiger partial charge in [-0.3, -0.25) is 0 Å². The molecule has 0 aliphatic rings. The predicted octanol–water partition coefficient (Wildman–Crippen LogP) is 3.68. The highest BCUT2D eigenvalue weighted by Crippen LogP contribution is 2.17. The van der Waals surface area contributed by atoms with Gasteiger partial charge in [0.2, 0.25) is 0 Å². The Hall–Kier alpha value is -0.990. The molecule has 0 aliphatic heterocycles. The molecule has 0 N–H and O–H groups in total. The Kier molecular flexibility index (Phi) is 13.7. The van der Waals surface area contributed by atoms with Gasteiger partial charge in [0.15, 0.2) is 0 Å². The summed E-state index contributed by atoms with van der Waals surface area (Å²) in [5, 5.41) is 11.1. The molecule has 0 saturated carbocycles. The number of nitrogens with zero attached hydrogens (tertiary/aromatic N) is 1. The fourth-order valence-electron chi connectivity index (χ4n) is 1.85. The molecule has 114 valence electrons. The zero-order chi connectivity index (χ0) is 15.1. The molecule has 0 rings (SSSR count). The molecule has 0 saturated heterocycles. The Balaban J connectivity index is 3.33. The molecular weight excluding hydrogens is 274 g/mol. The number of carbonyl (C=O) groups excluding carboxylic acids is 1. The van der Waals surface area contributed by atoms with Crippen LogP contribution >= 0.6 is 11.8 Å². The third kappa shape index (κ3) is 12.1. The largest absolute Gasteiger partial charge is 0.463 e. The first-order valence-electron chi connectivity index (χ1n) is 7.07. The molecule has 4 nitrogen and oxygen atoms in total. The maximum absolute atomic E-state index is 10.8. The van der Waals surface area contributed by atoms with Crippen LogP contribution in [0.25, 0.3) is 0 Å². The van der Waals surface area contributed by atoms with E-state index < -0.39 is 0 Å². The van der Waals surface area contributed by atoms with Gasteiger partial charge in [0.25, 0.3) is 0 Å². The average molecular weight is 299 g/mol. The first-order valence-corrected chi connectivity index (χ1v) is 7.95. The Bertz CT molecular complexity index is 302. The number of rotatable bonds is 13. The summed E-state index contributed by atoms with van der Waals surface area (Å²) in [4.78, 5) is 10.8. The first-order chi connectivity index (χ1) is 9.74. The summed E-state index contributed by atoms with van der Waals surface area (Å²) in [6, 6.07) is 0. The normalized spacial score (nSPS) is 11.6. The number of nitriles is 1. The van der Waals surface area contributed by atoms with Gasteiger partial charge in [0, 0.05) is 18.4 Å². The van der Waals surface area contributed by atoms with Crippen molar-refractivity contribution in [1.82, 2.24) is 0 Å². The number of ether oxygens (including phenoxy) is 2. The summed E-state index contributed by atoms with van der Waals surface area (Å²) in [5.74, 6) is -0.343. The van der Waals surface area contributed by atoms with E-state index in [4.69, 9.17) is 14.7 Å². The van der Waals surface area contributed by atoms with Crippen LogP contribution in [0.2, 0.25) is 0 Å². The monoisotopic (exact) mass is 299 g/mol. The van der Waals surface area contributed by atoms with Crippen LogP contribution in [0, 0.1) is 10.7 Å². The van der Waals surface area contributed by atoms with Crippen LogP contribution in [0.1, 0.15) is 44.9 Å². The quantitative estimate of drug-likeness (QED) is 0.225. The van der Waals surface area contributed by atoms with Crippen molar-refractivity contribution in [2.45, 2.75) is 50.2 Å². The summed E-state index contributed by atoms with van der Waals surface area (Å²) in [5.41, 5.74) is 0. The molecule has 0 aromatic heterocycles. The van der Waals surface area contributed by atoms with E-state index in [1.165, 1.54) is 30.7 Å². The summed E-state index contributed by atoms with van der Waals surface area (Å²) in [6.45, 7) is 4.48. The number of thioether (sulfide) groups is 1. The number of hydrogen-bond donors (Lipinski definition) is 0. The molecule has 0 heterocycles. The van der Waals surface area contributed by atoms with Crippen molar-refractivity contribution >= 4 is 17.7 Å². The van der Waals surface area contributed by atoms with Crippen LogP contribution < -0.4 is 0 Å². The summed E-state index contributed by atoms with van der Waals surface area (Å²) in [6.07, 6.45) is 8.87. The van der Waals surface area contributed by atoms with E-state index in [-0.39, 0.29) is 5.97 Å². The SMILES string of the molecule is C=CC(=O)OCCCCCCCCC(COC)SC#N. The Morgan fingerprint density at radius 1 is 1.30 bits per heavy atom. The Morgan fingerprint density at radius 2 is 1.95 bits per heavy atom. The maximum Gasteiger partial charge on any atom is 0.330 e. The minimum atomic E-state index is -0.343. The molecule has 0 radical (unpaired) electrons. The van der Waals surface area contributed by atoms with Gasteiger partial charge in [-0.2, -0.15) is 5.26 Å². The highest BCUT2D eigenvalue weighted by atomic mass is 32.2. The lowest BCUT2D eigenvalue weighted by atomic mass is 10.1. The highest BCUT2D eigenvalue weighted by molar-refractivity contribution is 8.04. The number of hydrogen-bond acceptors (Lipinski definition) is 5. The molecular formula is C15H25NO3S. The Labute approximate surface area is 126 Å². The van der Waals surface area contributed by atoms with Crippen molar-refractivity contribution in [2.24, 2.45) is 0 Å². The Morgan fingerprint density at radius 3 is 2.55 bits per heavy atom. The van der Waals surface area contributed by atoms with Crippen LogP contribution in [0.4, 0.5) is 0 Å². The van der Waals surface area contributed by atoms with E-state index in [0.29, 0.717) is 18.5 Å². The molecule has 0 fully saturated rings. The number of methoxy groups -OCH3 is 1. The minimum Gasteiger partial charge on any atom is -0.463 e. The lowest BCUT2D eigenvalue weighted by molar-refractivity contribution is -0.137. The van der Waals surface area contributed by atoms with Gasteiger partial charge in [-0.15, -0.1) is 0 Å². The van der Waals surface area contributed by atoms with E-state index in [9.17, 15) is 4.79 Å². The van der Waals surface area contributed by atoms with E-state index in [0.717, 1.165) is 32.1 Å². The molecule has 0 aromatic rings. The van der Waals surface area contributed by atoms with Gasteiger partial charge in [0.05, 0.1) is 13.2 Å². The van der Waals surface area contributed by atoms with Crippen molar-refractivity contribution in [3.8, 4) is 5.40 Å². The van der Waals surface area contributed by atoms with E-state index in [1.54, 1.807) is 7.11 Å². The first kappa shape index (κ1) is 19.0. The second-order valence-electron chi connectivity index (χ2n) is 4.57. The zero-order valence-electron chi connectivity index (χ0n) is 12.3. The van der Waals surface area contributed by atoms with Gasteiger partial charge in [-0.05, 0) is 24.6 Å². The number of carbonyl (C=O) groups is 1. The second kappa shape index (κ2) is 14.4. The van der Waals surface area contributed by atoms with E-state index in [2.05, 4.69) is 12.0 Å². The standard InChI is InChI=1S/C15H25NO3S/c1-3-15(17)19-11-9-7-5-4-6-8-10-14(12-18-2)20-13-16/h3,14H,1,4-12H2,2H3. The lowest BCUT2D eigenvalue weighted by Crippen LogP contribution is -2.09. The van der Waals surface area contributed by atoms with E-state index in [1.807, 2.05) is 0 Å². The average Bonchev–Trinajstić information content (AvgIpc) is 2.45. The number of unbranched alkanes of at least 4 members (excludes halogenated alkanes) is 5. The van der Waals surface area contributed by atoms with Crippen molar-refractivity contribution in [3.63, 3.8) is 0 Å². The summed E-state index contributed by atoms with van der Waals surface area (Å²) in [7, 11) is 1.67. The molecule has 0 aromatic carbocycles. The van der Waals surface area contributed by atoms with Crippen LogP contribution in [-0.2, 0) is 14.3 Å². The van der Waals surface area contributed by atoms with E-state index >= 15 is 0 Å². The van der Waals surface area contributed by atoms with Crippen molar-refractivity contribution in [3.05, 3.63) is 12.7 Å². The predicted molar refractivity (Wildman–Crippen MR) is 82.3 cm³/mol. The number of esters is 1.